The number of likely N-dealkylation sites (N-methyl/N-ethyl adjacent to an activating group) is 1. The molecule has 0 atom stereocenters. The van der Waals surface area contributed by atoms with Gasteiger partial charge in [-0.3, -0.25) is 4.79 Å². The highest BCUT2D eigenvalue weighted by Crippen LogP contribution is 2.26. The summed E-state index contributed by atoms with van der Waals surface area (Å²) in [4.78, 5) is 11.6. The topological polar surface area (TPSA) is 84.9 Å². The maximum absolute atomic E-state index is 13.4. The Bertz CT molecular complexity index is 679. The number of carbonyl (C=O) groups excluding carboxylic acids is 1. The third-order valence-corrected chi connectivity index (χ3v) is 5.10. The molecule has 0 aliphatic rings. The van der Waals surface area contributed by atoms with Gasteiger partial charge in [-0.1, -0.05) is 0 Å². The molecule has 1 rings (SSSR count). The van der Waals surface area contributed by atoms with Crippen LogP contribution in [0.15, 0.2) is 23.1 Å². The summed E-state index contributed by atoms with van der Waals surface area (Å²) in [6.45, 7) is 4.33. The molecule has 0 aromatic heterocycles. The number of hydrogen-bond acceptors (Lipinski definition) is 5. The summed E-state index contributed by atoms with van der Waals surface area (Å²) in [6, 6.07) is 3.19. The Labute approximate surface area is 148 Å². The molecule has 0 saturated heterocycles. The maximum atomic E-state index is 13.4. The summed E-state index contributed by atoms with van der Waals surface area (Å²) in [5.41, 5.74) is 0. The molecule has 0 bridgehead atoms. The molecule has 0 spiro atoms. The number of methoxy groups -OCH3 is 1. The average Bonchev–Trinajstić information content (AvgIpc) is 2.54. The van der Waals surface area contributed by atoms with Crippen LogP contribution in [0.2, 0.25) is 0 Å². The van der Waals surface area contributed by atoms with E-state index >= 15 is 0 Å². The second-order valence-electron chi connectivity index (χ2n) is 5.68. The maximum Gasteiger partial charge on any atom is 0.247 e. The molecule has 1 N–H and O–H groups in total. The van der Waals surface area contributed by atoms with Crippen molar-refractivity contribution in [3.63, 3.8) is 0 Å². The molecule has 1 amide bonds. The Morgan fingerprint density at radius 2 is 2.04 bits per heavy atom. The molecule has 1 aromatic carbocycles. The van der Waals surface area contributed by atoms with Crippen LogP contribution in [0.1, 0.15) is 20.3 Å². The van der Waals surface area contributed by atoms with Crippen molar-refractivity contribution in [3.8, 4) is 5.75 Å². The van der Waals surface area contributed by atoms with Crippen molar-refractivity contribution >= 4 is 15.9 Å². The lowest BCUT2D eigenvalue weighted by Crippen LogP contribution is -2.39. The van der Waals surface area contributed by atoms with Crippen LogP contribution in [0.4, 0.5) is 4.39 Å². The summed E-state index contributed by atoms with van der Waals surface area (Å²) in [5, 5.41) is 2.62. The van der Waals surface area contributed by atoms with Gasteiger partial charge in [0.2, 0.25) is 15.9 Å². The van der Waals surface area contributed by atoms with Gasteiger partial charge in [-0.05, 0) is 38.5 Å². The minimum absolute atomic E-state index is 0.0134. The largest absolute Gasteiger partial charge is 0.495 e. The summed E-state index contributed by atoms with van der Waals surface area (Å²) in [6.07, 6.45) is 0.742. The highest BCUT2D eigenvalue weighted by molar-refractivity contribution is 7.89. The smallest absolute Gasteiger partial charge is 0.247 e. The number of benzene rings is 1. The van der Waals surface area contributed by atoms with E-state index in [1.807, 2.05) is 13.8 Å². The van der Waals surface area contributed by atoms with E-state index in [1.165, 1.54) is 20.2 Å². The number of carbonyl (C=O) groups is 1. The lowest BCUT2D eigenvalue weighted by atomic mass is 10.3. The molecule has 0 fully saturated rings. The second kappa shape index (κ2) is 9.69. The predicted octanol–water partition coefficient (Wildman–Crippen LogP) is 1.39. The molecular weight excluding hydrogens is 351 g/mol. The van der Waals surface area contributed by atoms with Crippen molar-refractivity contribution in [2.45, 2.75) is 31.3 Å². The molecule has 0 saturated carbocycles. The van der Waals surface area contributed by atoms with Crippen molar-refractivity contribution in [2.24, 2.45) is 0 Å². The first kappa shape index (κ1) is 21.3. The van der Waals surface area contributed by atoms with E-state index in [0.29, 0.717) is 19.6 Å². The van der Waals surface area contributed by atoms with E-state index < -0.39 is 21.7 Å². The summed E-state index contributed by atoms with van der Waals surface area (Å²) < 4.78 is 49.6. The van der Waals surface area contributed by atoms with E-state index in [-0.39, 0.29) is 23.3 Å². The number of nitrogens with one attached hydrogen (secondary N) is 1. The number of amides is 1. The van der Waals surface area contributed by atoms with Gasteiger partial charge >= 0.3 is 0 Å². The van der Waals surface area contributed by atoms with Crippen LogP contribution in [-0.4, -0.2) is 58.6 Å². The second-order valence-corrected chi connectivity index (χ2v) is 7.69. The highest BCUT2D eigenvalue weighted by atomic mass is 32.2. The molecule has 142 valence electrons. The van der Waals surface area contributed by atoms with Crippen LogP contribution in [-0.2, 0) is 19.6 Å². The molecular formula is C16H25FN2O5S. The van der Waals surface area contributed by atoms with Crippen molar-refractivity contribution in [1.82, 2.24) is 9.62 Å². The van der Waals surface area contributed by atoms with Gasteiger partial charge in [0.1, 0.15) is 16.5 Å². The molecule has 9 heteroatoms. The van der Waals surface area contributed by atoms with Crippen molar-refractivity contribution in [2.75, 3.05) is 33.9 Å². The first-order chi connectivity index (χ1) is 11.7. The predicted molar refractivity (Wildman–Crippen MR) is 91.5 cm³/mol. The van der Waals surface area contributed by atoms with Crippen LogP contribution in [0.5, 0.6) is 5.75 Å². The number of rotatable bonds is 10. The van der Waals surface area contributed by atoms with Gasteiger partial charge in [0.25, 0.3) is 0 Å². The lowest BCUT2D eigenvalue weighted by Gasteiger charge is -2.18. The molecule has 0 aliphatic carbocycles. The van der Waals surface area contributed by atoms with Gasteiger partial charge in [0.15, 0.2) is 0 Å². The third-order valence-electron chi connectivity index (χ3n) is 3.27. The first-order valence-electron chi connectivity index (χ1n) is 7.86. The third kappa shape index (κ3) is 6.60. The van der Waals surface area contributed by atoms with E-state index in [1.54, 1.807) is 0 Å². The van der Waals surface area contributed by atoms with E-state index in [4.69, 9.17) is 9.47 Å². The molecule has 0 radical (unpaired) electrons. The standard InChI is InChI=1S/C16H25FN2O5S/c1-12(2)24-9-5-8-18-16(20)11-19(3)25(21,22)15-10-13(17)6-7-14(15)23-4/h6-7,10,12H,5,8-9,11H2,1-4H3,(H,18,20). The monoisotopic (exact) mass is 376 g/mol. The van der Waals surface area contributed by atoms with Crippen molar-refractivity contribution in [3.05, 3.63) is 24.0 Å². The molecule has 0 aliphatic heterocycles. The lowest BCUT2D eigenvalue weighted by molar-refractivity contribution is -0.121. The minimum atomic E-state index is -4.06. The normalized spacial score (nSPS) is 11.8. The summed E-state index contributed by atoms with van der Waals surface area (Å²) in [7, 11) is -1.52. The minimum Gasteiger partial charge on any atom is -0.495 e. The quantitative estimate of drug-likeness (QED) is 0.624. The van der Waals surface area contributed by atoms with Gasteiger partial charge in [-0.25, -0.2) is 12.8 Å². The van der Waals surface area contributed by atoms with Crippen LogP contribution < -0.4 is 10.1 Å². The van der Waals surface area contributed by atoms with Gasteiger partial charge in [-0.2, -0.15) is 4.31 Å². The Morgan fingerprint density at radius 3 is 2.64 bits per heavy atom. The molecule has 0 heterocycles. The van der Waals surface area contributed by atoms with E-state index in [2.05, 4.69) is 5.32 Å². The van der Waals surface area contributed by atoms with Gasteiger partial charge in [0, 0.05) is 20.2 Å². The summed E-state index contributed by atoms with van der Waals surface area (Å²) in [5.74, 6) is -1.15. The highest BCUT2D eigenvalue weighted by Gasteiger charge is 2.27. The van der Waals surface area contributed by atoms with Gasteiger partial charge < -0.3 is 14.8 Å². The number of sulfonamides is 1. The number of nitrogens with zero attached hydrogens (tertiary/aromatic N) is 1. The van der Waals surface area contributed by atoms with Crippen molar-refractivity contribution in [1.29, 1.82) is 0 Å². The van der Waals surface area contributed by atoms with Crippen LogP contribution in [0.25, 0.3) is 0 Å². The Kier molecular flexibility index (Phi) is 8.27. The fourth-order valence-electron chi connectivity index (χ4n) is 1.98. The molecule has 1 aromatic rings. The van der Waals surface area contributed by atoms with Gasteiger partial charge in [0.05, 0.1) is 19.8 Å². The van der Waals surface area contributed by atoms with Crippen LogP contribution in [0.3, 0.4) is 0 Å². The van der Waals surface area contributed by atoms with Crippen LogP contribution >= 0.6 is 0 Å². The average molecular weight is 376 g/mol. The SMILES string of the molecule is COc1ccc(F)cc1S(=O)(=O)N(C)CC(=O)NCCCOC(C)C. The number of ether oxygens (including phenoxy) is 2. The Hall–Kier alpha value is -1.71. The Balaban J connectivity index is 2.65. The molecule has 25 heavy (non-hydrogen) atoms. The number of hydrogen-bond donors (Lipinski definition) is 1. The fraction of sp³-hybridized carbons (Fsp3) is 0.562. The zero-order valence-corrected chi connectivity index (χ0v) is 15.7. The van der Waals surface area contributed by atoms with Crippen molar-refractivity contribution < 1.29 is 27.1 Å². The number of halogens is 1. The zero-order valence-electron chi connectivity index (χ0n) is 14.9. The Morgan fingerprint density at radius 1 is 1.36 bits per heavy atom. The summed E-state index contributed by atoms with van der Waals surface area (Å²) >= 11 is 0. The van der Waals surface area contributed by atoms with E-state index in [9.17, 15) is 17.6 Å². The fourth-order valence-corrected chi connectivity index (χ4v) is 3.27. The van der Waals surface area contributed by atoms with Gasteiger partial charge in [-0.15, -0.1) is 0 Å². The van der Waals surface area contributed by atoms with Crippen LogP contribution in [0, 0.1) is 5.82 Å². The first-order valence-corrected chi connectivity index (χ1v) is 9.30. The zero-order chi connectivity index (χ0) is 19.0. The van der Waals surface area contributed by atoms with E-state index in [0.717, 1.165) is 16.4 Å². The molecule has 0 unspecified atom stereocenters. The molecule has 7 nitrogen and oxygen atoms in total.